The fourth-order valence-electron chi connectivity index (χ4n) is 2.23. The first kappa shape index (κ1) is 16.0. The minimum atomic E-state index is 0.529. The van der Waals surface area contributed by atoms with Gasteiger partial charge in [0.2, 0.25) is 0 Å². The lowest BCUT2D eigenvalue weighted by molar-refractivity contribution is 0.240. The third kappa shape index (κ3) is 6.11. The maximum Gasteiger partial charge on any atom is 0.119 e. The van der Waals surface area contributed by atoms with Crippen molar-refractivity contribution in [3.63, 3.8) is 0 Å². The van der Waals surface area contributed by atoms with E-state index in [1.54, 1.807) is 0 Å². The third-order valence-electron chi connectivity index (χ3n) is 3.66. The molecule has 0 heterocycles. The Kier molecular flexibility index (Phi) is 7.57. The van der Waals surface area contributed by atoms with E-state index in [0.29, 0.717) is 12.0 Å². The van der Waals surface area contributed by atoms with Crippen molar-refractivity contribution < 1.29 is 4.74 Å². The topological polar surface area (TPSA) is 21.3 Å². The molecule has 0 amide bonds. The monoisotopic (exact) mass is 263 g/mol. The molecule has 2 nitrogen and oxygen atoms in total. The van der Waals surface area contributed by atoms with Crippen LogP contribution in [0.1, 0.15) is 46.1 Å². The third-order valence-corrected chi connectivity index (χ3v) is 3.66. The van der Waals surface area contributed by atoms with Crippen molar-refractivity contribution in [1.29, 1.82) is 0 Å². The van der Waals surface area contributed by atoms with Crippen molar-refractivity contribution in [2.24, 2.45) is 5.92 Å². The van der Waals surface area contributed by atoms with E-state index in [1.165, 1.54) is 18.4 Å². The van der Waals surface area contributed by atoms with Crippen LogP contribution in [0.2, 0.25) is 0 Å². The summed E-state index contributed by atoms with van der Waals surface area (Å²) in [5, 5.41) is 3.43. The van der Waals surface area contributed by atoms with Crippen LogP contribution in [0.15, 0.2) is 24.3 Å². The fraction of sp³-hybridized carbons (Fsp3) is 0.647. The number of ether oxygens (including phenoxy) is 1. The Hall–Kier alpha value is -1.02. The Morgan fingerprint density at radius 3 is 2.21 bits per heavy atom. The first-order valence-corrected chi connectivity index (χ1v) is 7.64. The molecule has 0 spiro atoms. The van der Waals surface area contributed by atoms with Crippen molar-refractivity contribution in [3.05, 3.63) is 29.8 Å². The van der Waals surface area contributed by atoms with Crippen LogP contribution >= 0.6 is 0 Å². The summed E-state index contributed by atoms with van der Waals surface area (Å²) in [4.78, 5) is 0. The molecule has 1 atom stereocenters. The lowest BCUT2D eigenvalue weighted by atomic mass is 10.1. The molecule has 0 aliphatic heterocycles. The lowest BCUT2D eigenvalue weighted by Crippen LogP contribution is -2.27. The second kappa shape index (κ2) is 8.98. The van der Waals surface area contributed by atoms with E-state index in [-0.39, 0.29) is 0 Å². The maximum absolute atomic E-state index is 5.84. The van der Waals surface area contributed by atoms with Crippen LogP contribution in [0.25, 0.3) is 0 Å². The molecule has 1 unspecified atom stereocenters. The molecule has 1 N–H and O–H groups in total. The highest BCUT2D eigenvalue weighted by molar-refractivity contribution is 5.27. The predicted octanol–water partition coefficient (Wildman–Crippen LogP) is 4.04. The number of likely N-dealkylation sites (N-methyl/N-ethyl adjacent to an activating group) is 1. The summed E-state index contributed by atoms with van der Waals surface area (Å²) in [6.07, 6.45) is 3.45. The van der Waals surface area contributed by atoms with Crippen LogP contribution in [0.3, 0.4) is 0 Å². The van der Waals surface area contributed by atoms with Gasteiger partial charge in [-0.15, -0.1) is 0 Å². The van der Waals surface area contributed by atoms with E-state index < -0.39 is 0 Å². The molecular formula is C17H29NO. The van der Waals surface area contributed by atoms with Gasteiger partial charge in [0, 0.05) is 6.04 Å². The first-order valence-electron chi connectivity index (χ1n) is 7.64. The highest BCUT2D eigenvalue weighted by Crippen LogP contribution is 2.16. The van der Waals surface area contributed by atoms with E-state index in [1.807, 2.05) is 0 Å². The van der Waals surface area contributed by atoms with E-state index >= 15 is 0 Å². The van der Waals surface area contributed by atoms with Crippen LogP contribution < -0.4 is 10.1 Å². The van der Waals surface area contributed by atoms with Gasteiger partial charge in [-0.25, -0.2) is 0 Å². The van der Waals surface area contributed by atoms with Gasteiger partial charge in [0.1, 0.15) is 5.75 Å². The van der Waals surface area contributed by atoms with Crippen LogP contribution in [0, 0.1) is 5.92 Å². The molecule has 0 saturated carbocycles. The van der Waals surface area contributed by atoms with Gasteiger partial charge >= 0.3 is 0 Å². The molecule has 19 heavy (non-hydrogen) atoms. The van der Waals surface area contributed by atoms with Gasteiger partial charge in [0.15, 0.2) is 0 Å². The number of nitrogens with one attached hydrogen (secondary N) is 1. The Balaban J connectivity index is 2.43. The minimum absolute atomic E-state index is 0.529. The summed E-state index contributed by atoms with van der Waals surface area (Å²) < 4.78 is 5.84. The average molecular weight is 263 g/mol. The normalized spacial score (nSPS) is 12.7. The Morgan fingerprint density at radius 2 is 1.68 bits per heavy atom. The second-order valence-electron chi connectivity index (χ2n) is 5.30. The molecule has 0 saturated heterocycles. The number of rotatable bonds is 9. The lowest BCUT2D eigenvalue weighted by Gasteiger charge is -2.15. The summed E-state index contributed by atoms with van der Waals surface area (Å²) in [5.74, 6) is 1.67. The second-order valence-corrected chi connectivity index (χ2v) is 5.30. The van der Waals surface area contributed by atoms with E-state index in [0.717, 1.165) is 25.3 Å². The molecule has 0 aromatic heterocycles. The zero-order chi connectivity index (χ0) is 14.1. The average Bonchev–Trinajstić information content (AvgIpc) is 2.42. The summed E-state index contributed by atoms with van der Waals surface area (Å²) >= 11 is 0. The molecule has 1 aromatic rings. The van der Waals surface area contributed by atoms with Gasteiger partial charge in [0.05, 0.1) is 6.61 Å². The van der Waals surface area contributed by atoms with E-state index in [9.17, 15) is 0 Å². The summed E-state index contributed by atoms with van der Waals surface area (Å²) in [6.45, 7) is 10.7. The van der Waals surface area contributed by atoms with E-state index in [4.69, 9.17) is 4.74 Å². The zero-order valence-corrected chi connectivity index (χ0v) is 12.9. The number of benzene rings is 1. The van der Waals surface area contributed by atoms with Crippen LogP contribution in [0.4, 0.5) is 0 Å². The van der Waals surface area contributed by atoms with E-state index in [2.05, 4.69) is 57.3 Å². The standard InChI is InChI=1S/C17H29NO/c1-5-15(6-2)13-19-17-10-8-16(9-11-17)12-14(4)18-7-3/h8-11,14-15,18H,5-7,12-13H2,1-4H3. The molecule has 108 valence electrons. The molecule has 0 bridgehead atoms. The maximum atomic E-state index is 5.84. The van der Waals surface area contributed by atoms with Gasteiger partial charge in [-0.05, 0) is 43.5 Å². The van der Waals surface area contributed by atoms with Crippen molar-refractivity contribution in [2.75, 3.05) is 13.2 Å². The van der Waals surface area contributed by atoms with Crippen molar-refractivity contribution in [2.45, 2.75) is 53.0 Å². The summed E-state index contributed by atoms with van der Waals surface area (Å²) in [5.41, 5.74) is 1.36. The molecule has 0 aliphatic carbocycles. The highest BCUT2D eigenvalue weighted by atomic mass is 16.5. The summed E-state index contributed by atoms with van der Waals surface area (Å²) in [7, 11) is 0. The minimum Gasteiger partial charge on any atom is -0.493 e. The Morgan fingerprint density at radius 1 is 1.05 bits per heavy atom. The predicted molar refractivity (Wildman–Crippen MR) is 82.9 cm³/mol. The zero-order valence-electron chi connectivity index (χ0n) is 12.9. The molecule has 0 radical (unpaired) electrons. The summed E-state index contributed by atoms with van der Waals surface area (Å²) in [6, 6.07) is 9.07. The van der Waals surface area contributed by atoms with Crippen LogP contribution in [-0.4, -0.2) is 19.2 Å². The fourth-order valence-corrected chi connectivity index (χ4v) is 2.23. The number of hydrogen-bond acceptors (Lipinski definition) is 2. The van der Waals surface area contributed by atoms with Crippen LogP contribution in [-0.2, 0) is 6.42 Å². The van der Waals surface area contributed by atoms with Crippen molar-refractivity contribution >= 4 is 0 Å². The van der Waals surface area contributed by atoms with Gasteiger partial charge in [0.25, 0.3) is 0 Å². The molecular weight excluding hydrogens is 234 g/mol. The molecule has 0 fully saturated rings. The largest absolute Gasteiger partial charge is 0.493 e. The molecule has 1 rings (SSSR count). The smallest absolute Gasteiger partial charge is 0.119 e. The van der Waals surface area contributed by atoms with Crippen LogP contribution in [0.5, 0.6) is 5.75 Å². The quantitative estimate of drug-likeness (QED) is 0.726. The van der Waals surface area contributed by atoms with Gasteiger partial charge < -0.3 is 10.1 Å². The van der Waals surface area contributed by atoms with Gasteiger partial charge in [-0.2, -0.15) is 0 Å². The molecule has 2 heteroatoms. The van der Waals surface area contributed by atoms with Gasteiger partial charge in [-0.3, -0.25) is 0 Å². The molecule has 1 aromatic carbocycles. The highest BCUT2D eigenvalue weighted by Gasteiger charge is 2.05. The first-order chi connectivity index (χ1) is 9.19. The van der Waals surface area contributed by atoms with Gasteiger partial charge in [-0.1, -0.05) is 45.7 Å². The van der Waals surface area contributed by atoms with Crippen molar-refractivity contribution in [1.82, 2.24) is 5.32 Å². The Bertz CT molecular complexity index is 330. The Labute approximate surface area is 118 Å². The number of hydrogen-bond donors (Lipinski definition) is 1. The molecule has 0 aliphatic rings. The SMILES string of the molecule is CCNC(C)Cc1ccc(OCC(CC)CC)cc1. The van der Waals surface area contributed by atoms with Crippen molar-refractivity contribution in [3.8, 4) is 5.75 Å².